The van der Waals surface area contributed by atoms with E-state index < -0.39 is 77.9 Å². The van der Waals surface area contributed by atoms with E-state index in [9.17, 15) is 29.4 Å². The molecule has 2 N–H and O–H groups in total. The highest BCUT2D eigenvalue weighted by atomic mass is 35.5. The Labute approximate surface area is 234 Å². The molecule has 1 aliphatic carbocycles. The van der Waals surface area contributed by atoms with E-state index in [1.54, 1.807) is 13.8 Å². The molecule has 0 unspecified atom stereocenters. The molecular formula is C27H41ClO11. The third-order valence-electron chi connectivity index (χ3n) is 6.67. The highest BCUT2D eigenvalue weighted by Crippen LogP contribution is 2.53. The molecule has 12 heteroatoms. The SMILES string of the molecule is CC(=O)O[C@H]1C[C@]2(O)C(COC(=O)[C@@H](OC(=O)CC(C)C)C(C)C)=CO[C@@H](OC(=O)CC(C)C)[C@@H]2[C@]1(O)CCl. The molecular weight excluding hydrogens is 536 g/mol. The van der Waals surface area contributed by atoms with E-state index in [2.05, 4.69) is 0 Å². The van der Waals surface area contributed by atoms with Gasteiger partial charge in [0.25, 0.3) is 6.29 Å². The van der Waals surface area contributed by atoms with Gasteiger partial charge in [-0.05, 0) is 11.8 Å². The van der Waals surface area contributed by atoms with Gasteiger partial charge in [0.15, 0.2) is 0 Å². The molecule has 0 bridgehead atoms. The van der Waals surface area contributed by atoms with Gasteiger partial charge in [-0.1, -0.05) is 41.5 Å². The summed E-state index contributed by atoms with van der Waals surface area (Å²) in [6.07, 6.45) is -2.99. The zero-order valence-electron chi connectivity index (χ0n) is 23.6. The summed E-state index contributed by atoms with van der Waals surface area (Å²) in [4.78, 5) is 49.3. The molecule has 0 saturated heterocycles. The minimum atomic E-state index is -2.05. The van der Waals surface area contributed by atoms with Crippen LogP contribution in [0.5, 0.6) is 0 Å². The van der Waals surface area contributed by atoms with E-state index in [4.69, 9.17) is 35.3 Å². The Hall–Kier alpha value is -2.37. The number of ether oxygens (including phenoxy) is 5. The number of fused-ring (bicyclic) bond motifs is 1. The number of hydrogen-bond donors (Lipinski definition) is 2. The van der Waals surface area contributed by atoms with E-state index in [0.717, 1.165) is 13.2 Å². The highest BCUT2D eigenvalue weighted by Gasteiger charge is 2.69. The molecule has 0 aromatic heterocycles. The second-order valence-electron chi connectivity index (χ2n) is 11.4. The summed E-state index contributed by atoms with van der Waals surface area (Å²) in [5.41, 5.74) is -4.03. The van der Waals surface area contributed by atoms with Gasteiger partial charge >= 0.3 is 23.9 Å². The van der Waals surface area contributed by atoms with Crippen molar-refractivity contribution in [2.24, 2.45) is 23.7 Å². The average molecular weight is 577 g/mol. The first-order valence-corrected chi connectivity index (χ1v) is 13.7. The number of carbonyl (C=O) groups excluding carboxylic acids is 4. The molecule has 0 aromatic rings. The van der Waals surface area contributed by atoms with Gasteiger partial charge in [-0.2, -0.15) is 0 Å². The van der Waals surface area contributed by atoms with Crippen molar-refractivity contribution in [3.63, 3.8) is 0 Å². The molecule has 222 valence electrons. The van der Waals surface area contributed by atoms with E-state index in [0.29, 0.717) is 0 Å². The van der Waals surface area contributed by atoms with Gasteiger partial charge in [-0.3, -0.25) is 14.4 Å². The number of esters is 4. The Bertz CT molecular complexity index is 946. The molecule has 1 fully saturated rings. The lowest BCUT2D eigenvalue weighted by molar-refractivity contribution is -0.228. The van der Waals surface area contributed by atoms with E-state index in [1.165, 1.54) is 0 Å². The maximum Gasteiger partial charge on any atom is 0.348 e. The van der Waals surface area contributed by atoms with Crippen LogP contribution in [-0.2, 0) is 42.9 Å². The lowest BCUT2D eigenvalue weighted by atomic mass is 9.77. The van der Waals surface area contributed by atoms with Crippen LogP contribution < -0.4 is 0 Å². The van der Waals surface area contributed by atoms with Gasteiger partial charge in [0, 0.05) is 37.7 Å². The molecule has 2 rings (SSSR count). The quantitative estimate of drug-likeness (QED) is 0.200. The van der Waals surface area contributed by atoms with Crippen LogP contribution >= 0.6 is 11.6 Å². The predicted molar refractivity (Wildman–Crippen MR) is 138 cm³/mol. The minimum absolute atomic E-state index is 0.0196. The first-order chi connectivity index (χ1) is 18.0. The highest BCUT2D eigenvalue weighted by molar-refractivity contribution is 6.18. The standard InChI is InChI=1S/C27H41ClO11/c1-14(2)8-20(30)38-22(16(5)6)24(32)35-11-18-12-36-25(39-21(31)9-15(3)4)23-26(18,33)10-19(37-17(7)29)27(23,34)13-28/h12,14-16,19,22-23,25,33-34H,8-11,13H2,1-7H3/t19-,22-,23-,25-,26-,27-/m0/s1. The Morgan fingerprint density at radius 2 is 1.62 bits per heavy atom. The molecule has 0 amide bonds. The third kappa shape index (κ3) is 7.85. The molecule has 2 aliphatic rings. The van der Waals surface area contributed by atoms with Crippen LogP contribution in [-0.4, -0.2) is 76.3 Å². The smallest absolute Gasteiger partial charge is 0.348 e. The van der Waals surface area contributed by atoms with Crippen LogP contribution in [0.2, 0.25) is 0 Å². The molecule has 11 nitrogen and oxygen atoms in total. The predicted octanol–water partition coefficient (Wildman–Crippen LogP) is 2.63. The Morgan fingerprint density at radius 3 is 2.13 bits per heavy atom. The summed E-state index contributed by atoms with van der Waals surface area (Å²) in [5.74, 6) is -5.00. The van der Waals surface area contributed by atoms with Gasteiger partial charge < -0.3 is 33.9 Å². The second kappa shape index (κ2) is 13.3. The van der Waals surface area contributed by atoms with Crippen molar-refractivity contribution < 1.29 is 53.1 Å². The number of aliphatic hydroxyl groups is 2. The van der Waals surface area contributed by atoms with Crippen molar-refractivity contribution >= 4 is 35.5 Å². The number of carbonyl (C=O) groups is 4. The number of alkyl halides is 1. The summed E-state index contributed by atoms with van der Waals surface area (Å²) < 4.78 is 27.1. The number of halogens is 1. The van der Waals surface area contributed by atoms with Crippen LogP contribution in [0.1, 0.15) is 67.7 Å². The van der Waals surface area contributed by atoms with E-state index >= 15 is 0 Å². The average Bonchev–Trinajstić information content (AvgIpc) is 3.02. The number of hydrogen-bond acceptors (Lipinski definition) is 11. The fraction of sp³-hybridized carbons (Fsp3) is 0.778. The topological polar surface area (TPSA) is 155 Å². The third-order valence-corrected chi connectivity index (χ3v) is 7.09. The minimum Gasteiger partial charge on any atom is -0.462 e. The summed E-state index contributed by atoms with van der Waals surface area (Å²) in [6.45, 7) is 11.3. The molecule has 0 spiro atoms. The first-order valence-electron chi connectivity index (χ1n) is 13.1. The first kappa shape index (κ1) is 32.8. The van der Waals surface area contributed by atoms with Crippen molar-refractivity contribution in [3.8, 4) is 0 Å². The Kier molecular flexibility index (Phi) is 11.2. The molecule has 6 atom stereocenters. The molecule has 0 radical (unpaired) electrons. The fourth-order valence-corrected chi connectivity index (χ4v) is 5.15. The Balaban J connectivity index is 2.33. The van der Waals surface area contributed by atoms with Crippen LogP contribution in [0.4, 0.5) is 0 Å². The van der Waals surface area contributed by atoms with Gasteiger partial charge in [-0.15, -0.1) is 11.6 Å². The van der Waals surface area contributed by atoms with Crippen LogP contribution in [0.15, 0.2) is 11.8 Å². The zero-order chi connectivity index (χ0) is 29.7. The lowest BCUT2D eigenvalue weighted by Gasteiger charge is -2.43. The molecule has 1 saturated carbocycles. The summed E-state index contributed by atoms with van der Waals surface area (Å²) in [5, 5.41) is 23.4. The van der Waals surface area contributed by atoms with Crippen molar-refractivity contribution in [1.82, 2.24) is 0 Å². The maximum absolute atomic E-state index is 12.9. The normalized spacial score (nSPS) is 28.8. The maximum atomic E-state index is 12.9. The van der Waals surface area contributed by atoms with E-state index in [-0.39, 0.29) is 36.7 Å². The second-order valence-corrected chi connectivity index (χ2v) is 11.7. The van der Waals surface area contributed by atoms with Crippen molar-refractivity contribution in [1.29, 1.82) is 0 Å². The summed E-state index contributed by atoms with van der Waals surface area (Å²) in [6, 6.07) is 0. The molecule has 0 aromatic carbocycles. The van der Waals surface area contributed by atoms with Gasteiger partial charge in [-0.25, -0.2) is 4.79 Å². The Morgan fingerprint density at radius 1 is 1.03 bits per heavy atom. The van der Waals surface area contributed by atoms with Crippen LogP contribution in [0.3, 0.4) is 0 Å². The number of rotatable bonds is 12. The van der Waals surface area contributed by atoms with E-state index in [1.807, 2.05) is 27.7 Å². The van der Waals surface area contributed by atoms with Crippen LogP contribution in [0, 0.1) is 23.7 Å². The van der Waals surface area contributed by atoms with Crippen molar-refractivity contribution in [3.05, 3.63) is 11.8 Å². The fourth-order valence-electron chi connectivity index (χ4n) is 4.81. The van der Waals surface area contributed by atoms with Crippen molar-refractivity contribution in [2.75, 3.05) is 12.5 Å². The summed E-state index contributed by atoms with van der Waals surface area (Å²) >= 11 is 6.13. The van der Waals surface area contributed by atoms with Gasteiger partial charge in [0.2, 0.25) is 6.10 Å². The molecule has 39 heavy (non-hydrogen) atoms. The van der Waals surface area contributed by atoms with Crippen molar-refractivity contribution in [2.45, 2.75) is 97.4 Å². The molecule has 1 heterocycles. The largest absolute Gasteiger partial charge is 0.462 e. The summed E-state index contributed by atoms with van der Waals surface area (Å²) in [7, 11) is 0. The van der Waals surface area contributed by atoms with Crippen LogP contribution in [0.25, 0.3) is 0 Å². The lowest BCUT2D eigenvalue weighted by Crippen LogP contribution is -2.58. The monoisotopic (exact) mass is 576 g/mol. The molecule has 1 aliphatic heterocycles. The zero-order valence-corrected chi connectivity index (χ0v) is 24.4. The van der Waals surface area contributed by atoms with Gasteiger partial charge in [0.1, 0.15) is 23.9 Å². The van der Waals surface area contributed by atoms with Gasteiger partial charge in [0.05, 0.1) is 18.1 Å².